The summed E-state index contributed by atoms with van der Waals surface area (Å²) < 4.78 is 22.1. The van der Waals surface area contributed by atoms with Crippen LogP contribution in [-0.4, -0.2) is 38.4 Å². The van der Waals surface area contributed by atoms with Crippen molar-refractivity contribution >= 4 is 17.6 Å². The number of ether oxygens (including phenoxy) is 4. The standard InChI is InChI=1S/C27H31NO6/c1-5-31-20-15-13-19(14-16-20)28-17-22(26(29)33-7-3)25(23(18-28)27(30)34-8-4)21-11-9-10-12-24(21)32-6-2/h9-18,25H,5-8H2,1-4H3. The van der Waals surface area contributed by atoms with E-state index in [-0.39, 0.29) is 13.2 Å². The highest BCUT2D eigenvalue weighted by molar-refractivity contribution is 6.00. The summed E-state index contributed by atoms with van der Waals surface area (Å²) in [5, 5.41) is 0. The van der Waals surface area contributed by atoms with E-state index in [4.69, 9.17) is 18.9 Å². The van der Waals surface area contributed by atoms with E-state index in [1.165, 1.54) is 0 Å². The first-order valence-electron chi connectivity index (χ1n) is 11.5. The van der Waals surface area contributed by atoms with Crippen LogP contribution in [0.5, 0.6) is 11.5 Å². The monoisotopic (exact) mass is 465 g/mol. The average Bonchev–Trinajstić information content (AvgIpc) is 2.85. The topological polar surface area (TPSA) is 74.3 Å². The molecule has 1 aliphatic heterocycles. The minimum Gasteiger partial charge on any atom is -0.494 e. The summed E-state index contributed by atoms with van der Waals surface area (Å²) in [4.78, 5) is 28.0. The minimum absolute atomic E-state index is 0.206. The number of anilines is 1. The Balaban J connectivity index is 2.16. The Bertz CT molecular complexity index is 1020. The van der Waals surface area contributed by atoms with E-state index in [1.54, 1.807) is 31.1 Å². The summed E-state index contributed by atoms with van der Waals surface area (Å²) in [5.74, 6) is -0.403. The lowest BCUT2D eigenvalue weighted by molar-refractivity contribution is -0.139. The third kappa shape index (κ3) is 5.60. The van der Waals surface area contributed by atoms with E-state index in [2.05, 4.69) is 0 Å². The Hall–Kier alpha value is -3.74. The molecule has 0 fully saturated rings. The zero-order chi connectivity index (χ0) is 24.5. The fraction of sp³-hybridized carbons (Fsp3) is 0.333. The predicted octanol–water partition coefficient (Wildman–Crippen LogP) is 4.98. The van der Waals surface area contributed by atoms with Gasteiger partial charge in [-0.3, -0.25) is 0 Å². The first kappa shape index (κ1) is 24.9. The molecule has 0 unspecified atom stereocenters. The van der Waals surface area contributed by atoms with Gasteiger partial charge in [0, 0.05) is 23.7 Å². The van der Waals surface area contributed by atoms with Gasteiger partial charge in [-0.25, -0.2) is 9.59 Å². The Morgan fingerprint density at radius 1 is 0.735 bits per heavy atom. The molecular weight excluding hydrogens is 434 g/mol. The van der Waals surface area contributed by atoms with Gasteiger partial charge in [-0.05, 0) is 58.0 Å². The third-order valence-electron chi connectivity index (χ3n) is 5.18. The van der Waals surface area contributed by atoms with Gasteiger partial charge in [0.25, 0.3) is 0 Å². The van der Waals surface area contributed by atoms with Gasteiger partial charge in [0.1, 0.15) is 11.5 Å². The molecule has 2 aromatic carbocycles. The van der Waals surface area contributed by atoms with Crippen molar-refractivity contribution in [1.29, 1.82) is 0 Å². The second-order valence-electron chi connectivity index (χ2n) is 7.35. The van der Waals surface area contributed by atoms with Crippen LogP contribution in [0, 0.1) is 0 Å². The van der Waals surface area contributed by atoms with Crippen molar-refractivity contribution in [1.82, 2.24) is 0 Å². The van der Waals surface area contributed by atoms with E-state index in [0.717, 1.165) is 11.4 Å². The Labute approximate surface area is 200 Å². The summed E-state index contributed by atoms with van der Waals surface area (Å²) >= 11 is 0. The summed E-state index contributed by atoms with van der Waals surface area (Å²) in [5.41, 5.74) is 2.07. The van der Waals surface area contributed by atoms with E-state index in [9.17, 15) is 9.59 Å². The van der Waals surface area contributed by atoms with Crippen LogP contribution in [0.25, 0.3) is 0 Å². The fourth-order valence-electron chi connectivity index (χ4n) is 3.79. The van der Waals surface area contributed by atoms with Crippen LogP contribution < -0.4 is 14.4 Å². The molecule has 0 spiro atoms. The zero-order valence-electron chi connectivity index (χ0n) is 20.1. The lowest BCUT2D eigenvalue weighted by Gasteiger charge is -2.31. The molecule has 0 saturated heterocycles. The molecule has 0 aliphatic carbocycles. The first-order valence-corrected chi connectivity index (χ1v) is 11.5. The molecular formula is C27H31NO6. The van der Waals surface area contributed by atoms with Crippen molar-refractivity contribution in [3.63, 3.8) is 0 Å². The van der Waals surface area contributed by atoms with Gasteiger partial charge in [0.15, 0.2) is 0 Å². The summed E-state index contributed by atoms with van der Waals surface area (Å²) in [6.45, 7) is 8.71. The highest BCUT2D eigenvalue weighted by atomic mass is 16.5. The van der Waals surface area contributed by atoms with Crippen molar-refractivity contribution in [2.45, 2.75) is 33.6 Å². The van der Waals surface area contributed by atoms with Crippen LogP contribution >= 0.6 is 0 Å². The maximum atomic E-state index is 13.1. The molecule has 0 amide bonds. The molecule has 0 bridgehead atoms. The molecule has 34 heavy (non-hydrogen) atoms. The van der Waals surface area contributed by atoms with Crippen LogP contribution in [0.15, 0.2) is 72.1 Å². The van der Waals surface area contributed by atoms with E-state index in [1.807, 2.05) is 62.4 Å². The highest BCUT2D eigenvalue weighted by Crippen LogP contribution is 2.42. The van der Waals surface area contributed by atoms with Crippen LogP contribution in [0.1, 0.15) is 39.2 Å². The normalized spacial score (nSPS) is 13.6. The van der Waals surface area contributed by atoms with Gasteiger partial charge in [-0.1, -0.05) is 18.2 Å². The number of carbonyl (C=O) groups is 2. The van der Waals surface area contributed by atoms with E-state index >= 15 is 0 Å². The number of carbonyl (C=O) groups excluding carboxylic acids is 2. The lowest BCUT2D eigenvalue weighted by atomic mass is 9.82. The molecule has 7 nitrogen and oxygen atoms in total. The van der Waals surface area contributed by atoms with Crippen molar-refractivity contribution in [3.05, 3.63) is 77.6 Å². The molecule has 1 heterocycles. The van der Waals surface area contributed by atoms with E-state index in [0.29, 0.717) is 35.7 Å². The van der Waals surface area contributed by atoms with Gasteiger partial charge in [-0.15, -0.1) is 0 Å². The molecule has 180 valence electrons. The summed E-state index contributed by atoms with van der Waals surface area (Å²) in [7, 11) is 0. The zero-order valence-corrected chi connectivity index (χ0v) is 20.1. The summed E-state index contributed by atoms with van der Waals surface area (Å²) in [6.07, 6.45) is 3.40. The summed E-state index contributed by atoms with van der Waals surface area (Å²) in [6, 6.07) is 14.8. The second-order valence-corrected chi connectivity index (χ2v) is 7.35. The molecule has 0 radical (unpaired) electrons. The number of hydrogen-bond donors (Lipinski definition) is 0. The molecule has 2 aromatic rings. The van der Waals surface area contributed by atoms with Gasteiger partial charge in [0.2, 0.25) is 0 Å². The second kappa shape index (κ2) is 11.9. The molecule has 0 atom stereocenters. The van der Waals surface area contributed by atoms with Crippen molar-refractivity contribution in [3.8, 4) is 11.5 Å². The van der Waals surface area contributed by atoms with Crippen molar-refractivity contribution in [2.75, 3.05) is 31.3 Å². The van der Waals surface area contributed by atoms with Crippen molar-refractivity contribution < 1.29 is 28.5 Å². The quantitative estimate of drug-likeness (QED) is 0.458. The fourth-order valence-corrected chi connectivity index (χ4v) is 3.79. The molecule has 0 saturated carbocycles. The average molecular weight is 466 g/mol. The van der Waals surface area contributed by atoms with Gasteiger partial charge in [0.05, 0.1) is 43.5 Å². The Kier molecular flexibility index (Phi) is 8.73. The highest BCUT2D eigenvalue weighted by Gasteiger charge is 2.37. The number of para-hydroxylation sites is 1. The molecule has 1 aliphatic rings. The molecule has 0 N–H and O–H groups in total. The van der Waals surface area contributed by atoms with Crippen LogP contribution in [0.4, 0.5) is 5.69 Å². The van der Waals surface area contributed by atoms with Crippen LogP contribution in [-0.2, 0) is 19.1 Å². The van der Waals surface area contributed by atoms with Gasteiger partial charge in [-0.2, -0.15) is 0 Å². The lowest BCUT2D eigenvalue weighted by Crippen LogP contribution is -2.29. The maximum absolute atomic E-state index is 13.1. The van der Waals surface area contributed by atoms with E-state index < -0.39 is 17.9 Å². The number of rotatable bonds is 10. The number of hydrogen-bond acceptors (Lipinski definition) is 7. The smallest absolute Gasteiger partial charge is 0.336 e. The largest absolute Gasteiger partial charge is 0.494 e. The Morgan fingerprint density at radius 2 is 1.29 bits per heavy atom. The maximum Gasteiger partial charge on any atom is 0.336 e. The molecule has 7 heteroatoms. The number of esters is 2. The van der Waals surface area contributed by atoms with Crippen LogP contribution in [0.3, 0.4) is 0 Å². The van der Waals surface area contributed by atoms with Crippen molar-refractivity contribution in [2.24, 2.45) is 0 Å². The van der Waals surface area contributed by atoms with Gasteiger partial charge < -0.3 is 23.8 Å². The first-order chi connectivity index (χ1) is 16.5. The van der Waals surface area contributed by atoms with Gasteiger partial charge >= 0.3 is 11.9 Å². The number of nitrogens with zero attached hydrogens (tertiary/aromatic N) is 1. The Morgan fingerprint density at radius 3 is 1.82 bits per heavy atom. The minimum atomic E-state index is -0.709. The molecule has 0 aromatic heterocycles. The number of benzene rings is 2. The third-order valence-corrected chi connectivity index (χ3v) is 5.18. The predicted molar refractivity (Wildman–Crippen MR) is 130 cm³/mol. The molecule has 3 rings (SSSR count). The van der Waals surface area contributed by atoms with Crippen LogP contribution in [0.2, 0.25) is 0 Å². The SMILES string of the molecule is CCOC(=O)C1=CN(c2ccc(OCC)cc2)C=C(C(=O)OCC)C1c1ccccc1OCC.